The molecule has 0 spiro atoms. The van der Waals surface area contributed by atoms with Gasteiger partial charge in [-0.3, -0.25) is 0 Å². The second-order valence-corrected chi connectivity index (χ2v) is 5.45. The van der Waals surface area contributed by atoms with Gasteiger partial charge in [-0.1, -0.05) is 18.2 Å². The zero-order valence-electron chi connectivity index (χ0n) is 14.6. The van der Waals surface area contributed by atoms with Gasteiger partial charge in [0, 0.05) is 11.6 Å². The van der Waals surface area contributed by atoms with Crippen molar-refractivity contribution in [2.75, 3.05) is 21.3 Å². The topological polar surface area (TPSA) is 30.9 Å². The van der Waals surface area contributed by atoms with Gasteiger partial charge in [0.15, 0.2) is 0 Å². The maximum atomic E-state index is 14.4. The Bertz CT molecular complexity index is 750. The fourth-order valence-electron chi connectivity index (χ4n) is 2.61. The molecule has 8 heteroatoms. The molecular weight excluding hydrogens is 354 g/mol. The quantitative estimate of drug-likeness (QED) is 0.524. The number of halogens is 4. The molecule has 0 aliphatic rings. The van der Waals surface area contributed by atoms with Crippen molar-refractivity contribution in [3.63, 3.8) is 0 Å². The number of hydrogen-bond acceptors (Lipinski definition) is 4. The number of alkyl halides is 3. The standard InChI is InChI=1S/C18H19F4NO3/c1-24-14-8-7-12(16(9-14)26-3)10-23(22)11-13-5-4-6-15(25-2)17(13)18(19,20)21/h4-9H,10-11H2,1-3H3. The Morgan fingerprint density at radius 2 is 1.50 bits per heavy atom. The first-order valence-corrected chi connectivity index (χ1v) is 7.64. The van der Waals surface area contributed by atoms with Gasteiger partial charge in [-0.15, -0.1) is 9.60 Å². The maximum Gasteiger partial charge on any atom is 0.420 e. The third-order valence-electron chi connectivity index (χ3n) is 3.79. The molecule has 0 unspecified atom stereocenters. The molecule has 0 aromatic heterocycles. The average molecular weight is 373 g/mol. The van der Waals surface area contributed by atoms with Gasteiger partial charge in [-0.25, -0.2) is 0 Å². The van der Waals surface area contributed by atoms with Crippen molar-refractivity contribution in [2.45, 2.75) is 19.3 Å². The number of methoxy groups -OCH3 is 3. The molecule has 0 bridgehead atoms. The average Bonchev–Trinajstić information content (AvgIpc) is 2.60. The van der Waals surface area contributed by atoms with E-state index < -0.39 is 18.3 Å². The molecule has 4 nitrogen and oxygen atoms in total. The minimum Gasteiger partial charge on any atom is -0.497 e. The summed E-state index contributed by atoms with van der Waals surface area (Å²) < 4.78 is 69.4. The molecule has 26 heavy (non-hydrogen) atoms. The summed E-state index contributed by atoms with van der Waals surface area (Å²) in [6.07, 6.45) is -4.65. The highest BCUT2D eigenvalue weighted by Crippen LogP contribution is 2.39. The summed E-state index contributed by atoms with van der Waals surface area (Å²) >= 11 is 0. The number of hydrogen-bond donors (Lipinski definition) is 0. The smallest absolute Gasteiger partial charge is 0.420 e. The summed E-state index contributed by atoms with van der Waals surface area (Å²) in [5, 5.41) is 0.286. The van der Waals surface area contributed by atoms with E-state index in [2.05, 4.69) is 0 Å². The van der Waals surface area contributed by atoms with Crippen LogP contribution in [0.15, 0.2) is 36.4 Å². The molecule has 2 aromatic rings. The van der Waals surface area contributed by atoms with E-state index >= 15 is 0 Å². The predicted octanol–water partition coefficient (Wildman–Crippen LogP) is 4.62. The lowest BCUT2D eigenvalue weighted by Gasteiger charge is -2.19. The van der Waals surface area contributed by atoms with Gasteiger partial charge in [0.25, 0.3) is 0 Å². The normalized spacial score (nSPS) is 11.5. The molecule has 0 atom stereocenters. The number of rotatable bonds is 7. The molecule has 0 aliphatic heterocycles. The first kappa shape index (κ1) is 19.8. The van der Waals surface area contributed by atoms with Gasteiger partial charge < -0.3 is 14.2 Å². The third-order valence-corrected chi connectivity index (χ3v) is 3.79. The second-order valence-electron chi connectivity index (χ2n) is 5.45. The third kappa shape index (κ3) is 4.57. The first-order valence-electron chi connectivity index (χ1n) is 7.64. The summed E-state index contributed by atoms with van der Waals surface area (Å²) in [5.74, 6) is 0.572. The summed E-state index contributed by atoms with van der Waals surface area (Å²) in [6, 6.07) is 8.62. The predicted molar refractivity (Wildman–Crippen MR) is 87.9 cm³/mol. The monoisotopic (exact) mass is 373 g/mol. The molecule has 0 fully saturated rings. The Balaban J connectivity index is 2.25. The van der Waals surface area contributed by atoms with Crippen LogP contribution < -0.4 is 14.2 Å². The zero-order chi connectivity index (χ0) is 19.3. The SMILES string of the molecule is COc1ccc(CN(F)Cc2cccc(OC)c2C(F)(F)F)c(OC)c1. The van der Waals surface area contributed by atoms with Crippen molar-refractivity contribution in [1.29, 1.82) is 0 Å². The van der Waals surface area contributed by atoms with Crippen LogP contribution in [0.3, 0.4) is 0 Å². The van der Waals surface area contributed by atoms with Gasteiger partial charge in [-0.05, 0) is 17.7 Å². The lowest BCUT2D eigenvalue weighted by atomic mass is 10.1. The molecule has 2 aromatic carbocycles. The minimum atomic E-state index is -4.65. The second kappa shape index (κ2) is 8.27. The summed E-state index contributed by atoms with van der Waals surface area (Å²) in [7, 11) is 4.05. The molecular formula is C18H19F4NO3. The highest BCUT2D eigenvalue weighted by Gasteiger charge is 2.37. The van der Waals surface area contributed by atoms with E-state index in [4.69, 9.17) is 14.2 Å². The fraction of sp³-hybridized carbons (Fsp3) is 0.333. The van der Waals surface area contributed by atoms with Gasteiger partial charge in [-0.2, -0.15) is 13.2 Å². The van der Waals surface area contributed by atoms with E-state index in [0.717, 1.165) is 7.11 Å². The van der Waals surface area contributed by atoms with Crippen LogP contribution in [0.1, 0.15) is 16.7 Å². The van der Waals surface area contributed by atoms with E-state index in [-0.39, 0.29) is 23.0 Å². The van der Waals surface area contributed by atoms with Crippen molar-refractivity contribution in [3.8, 4) is 17.2 Å². The van der Waals surface area contributed by atoms with Crippen molar-refractivity contribution >= 4 is 0 Å². The Morgan fingerprint density at radius 3 is 2.08 bits per heavy atom. The van der Waals surface area contributed by atoms with Crippen LogP contribution in [-0.2, 0) is 19.3 Å². The molecule has 0 radical (unpaired) electrons. The van der Waals surface area contributed by atoms with Gasteiger partial charge in [0.1, 0.15) is 22.8 Å². The highest BCUT2D eigenvalue weighted by molar-refractivity contribution is 5.43. The van der Waals surface area contributed by atoms with E-state index in [9.17, 15) is 17.7 Å². The van der Waals surface area contributed by atoms with E-state index in [0.29, 0.717) is 17.1 Å². The van der Waals surface area contributed by atoms with Crippen molar-refractivity contribution in [2.24, 2.45) is 0 Å². The van der Waals surface area contributed by atoms with Crippen LogP contribution in [0.5, 0.6) is 17.2 Å². The molecule has 2 rings (SSSR count). The number of benzene rings is 2. The maximum absolute atomic E-state index is 14.4. The summed E-state index contributed by atoms with van der Waals surface area (Å²) in [5.41, 5.74) is -0.717. The highest BCUT2D eigenvalue weighted by atomic mass is 19.4. The molecule has 0 saturated carbocycles. The number of nitrogens with zero attached hydrogens (tertiary/aromatic N) is 1. The lowest BCUT2D eigenvalue weighted by molar-refractivity contribution is -0.140. The number of ether oxygens (including phenoxy) is 3. The van der Waals surface area contributed by atoms with Crippen molar-refractivity contribution in [3.05, 3.63) is 53.1 Å². The van der Waals surface area contributed by atoms with Gasteiger partial charge in [0.2, 0.25) is 0 Å². The summed E-state index contributed by atoms with van der Waals surface area (Å²) in [4.78, 5) is 0. The summed E-state index contributed by atoms with van der Waals surface area (Å²) in [6.45, 7) is -0.803. The van der Waals surface area contributed by atoms with Gasteiger partial charge >= 0.3 is 6.18 Å². The Hall–Kier alpha value is -2.48. The van der Waals surface area contributed by atoms with Crippen LogP contribution in [0.25, 0.3) is 0 Å². The van der Waals surface area contributed by atoms with E-state index in [1.807, 2.05) is 0 Å². The fourth-order valence-corrected chi connectivity index (χ4v) is 2.61. The molecule has 0 N–H and O–H groups in total. The minimum absolute atomic E-state index is 0.216. The molecule has 0 saturated heterocycles. The van der Waals surface area contributed by atoms with Crippen LogP contribution in [0, 0.1) is 0 Å². The largest absolute Gasteiger partial charge is 0.497 e. The molecule has 0 heterocycles. The van der Waals surface area contributed by atoms with Crippen LogP contribution in [0.4, 0.5) is 17.7 Å². The molecule has 0 aliphatic carbocycles. The molecule has 0 amide bonds. The van der Waals surface area contributed by atoms with E-state index in [1.165, 1.54) is 32.4 Å². The van der Waals surface area contributed by atoms with Crippen molar-refractivity contribution in [1.82, 2.24) is 5.12 Å². The zero-order valence-corrected chi connectivity index (χ0v) is 14.6. The lowest BCUT2D eigenvalue weighted by Crippen LogP contribution is -2.18. The van der Waals surface area contributed by atoms with Crippen molar-refractivity contribution < 1.29 is 31.9 Å². The Morgan fingerprint density at radius 1 is 0.846 bits per heavy atom. The first-order chi connectivity index (χ1) is 12.3. The van der Waals surface area contributed by atoms with Crippen LogP contribution >= 0.6 is 0 Å². The Kier molecular flexibility index (Phi) is 6.31. The Labute approximate surface area is 148 Å². The van der Waals surface area contributed by atoms with E-state index in [1.54, 1.807) is 18.2 Å². The van der Waals surface area contributed by atoms with Crippen LogP contribution in [0.2, 0.25) is 0 Å². The van der Waals surface area contributed by atoms with Gasteiger partial charge in [0.05, 0.1) is 34.4 Å². The molecule has 142 valence electrons. The van der Waals surface area contributed by atoms with Crippen LogP contribution in [-0.4, -0.2) is 26.5 Å².